The van der Waals surface area contributed by atoms with Crippen LogP contribution in [0.25, 0.3) is 0 Å². The van der Waals surface area contributed by atoms with E-state index >= 15 is 0 Å². The Labute approximate surface area is 118 Å². The predicted molar refractivity (Wildman–Crippen MR) is 69.7 cm³/mol. The Kier molecular flexibility index (Phi) is 4.07. The van der Waals surface area contributed by atoms with Crippen LogP contribution in [-0.2, 0) is 0 Å². The third kappa shape index (κ3) is 3.11. The minimum Gasteiger partial charge on any atom is -0.496 e. The van der Waals surface area contributed by atoms with Crippen molar-refractivity contribution in [3.63, 3.8) is 0 Å². The van der Waals surface area contributed by atoms with Gasteiger partial charge in [0.1, 0.15) is 5.75 Å². The lowest BCUT2D eigenvalue weighted by molar-refractivity contribution is -0.384. The Morgan fingerprint density at radius 2 is 2.29 bits per heavy atom. The van der Waals surface area contributed by atoms with Crippen molar-refractivity contribution in [2.45, 2.75) is 13.0 Å². The van der Waals surface area contributed by atoms with Gasteiger partial charge in [-0.1, -0.05) is 5.21 Å². The first-order valence-corrected chi connectivity index (χ1v) is 5.89. The van der Waals surface area contributed by atoms with Crippen LogP contribution >= 0.6 is 0 Å². The summed E-state index contributed by atoms with van der Waals surface area (Å²) in [7, 11) is 1.38. The Morgan fingerprint density at radius 3 is 2.86 bits per heavy atom. The molecule has 10 heteroatoms. The number of aromatic amines is 1. The zero-order valence-electron chi connectivity index (χ0n) is 11.2. The number of aromatic nitrogens is 4. The number of rotatable bonds is 5. The number of nitrogens with zero attached hydrogens (tertiary/aromatic N) is 4. The van der Waals surface area contributed by atoms with Gasteiger partial charge in [-0.15, -0.1) is 10.2 Å². The molecule has 0 aliphatic rings. The lowest BCUT2D eigenvalue weighted by Gasteiger charge is -2.12. The van der Waals surface area contributed by atoms with Gasteiger partial charge >= 0.3 is 0 Å². The highest BCUT2D eigenvalue weighted by Gasteiger charge is 2.20. The van der Waals surface area contributed by atoms with Crippen molar-refractivity contribution in [2.24, 2.45) is 0 Å². The molecule has 0 radical (unpaired) electrons. The zero-order valence-corrected chi connectivity index (χ0v) is 11.2. The number of ether oxygens (including phenoxy) is 1. The molecule has 2 rings (SSSR count). The number of benzene rings is 1. The molecule has 0 saturated carbocycles. The average Bonchev–Trinajstić information content (AvgIpc) is 3.00. The molecule has 0 aliphatic heterocycles. The summed E-state index contributed by atoms with van der Waals surface area (Å²) in [5, 5.41) is 26.6. The maximum atomic E-state index is 12.2. The molecule has 0 aliphatic carbocycles. The number of carbonyl (C=O) groups excluding carboxylic acids is 1. The summed E-state index contributed by atoms with van der Waals surface area (Å²) >= 11 is 0. The lowest BCUT2D eigenvalue weighted by atomic mass is 10.1. The summed E-state index contributed by atoms with van der Waals surface area (Å²) < 4.78 is 5.04. The normalized spacial score (nSPS) is 11.7. The maximum absolute atomic E-state index is 12.2. The van der Waals surface area contributed by atoms with Crippen LogP contribution in [-0.4, -0.2) is 38.6 Å². The number of nitro groups is 1. The number of non-ortho nitro benzene ring substituents is 1. The minimum absolute atomic E-state index is 0.0574. The summed E-state index contributed by atoms with van der Waals surface area (Å²) in [6, 6.07) is 3.27. The number of carbonyl (C=O) groups is 1. The van der Waals surface area contributed by atoms with Gasteiger partial charge in [-0.25, -0.2) is 0 Å². The monoisotopic (exact) mass is 292 g/mol. The van der Waals surface area contributed by atoms with Crippen molar-refractivity contribution in [3.8, 4) is 5.75 Å². The highest BCUT2D eigenvalue weighted by molar-refractivity contribution is 5.97. The summed E-state index contributed by atoms with van der Waals surface area (Å²) in [5.41, 5.74) is -0.143. The Hall–Kier alpha value is -3.04. The van der Waals surface area contributed by atoms with E-state index in [4.69, 9.17) is 4.74 Å². The number of nitro benzene ring substituents is 1. The minimum atomic E-state index is -0.584. The summed E-state index contributed by atoms with van der Waals surface area (Å²) in [6.07, 6.45) is 0. The van der Waals surface area contributed by atoms with E-state index in [1.54, 1.807) is 6.92 Å². The zero-order chi connectivity index (χ0) is 15.4. The Bertz CT molecular complexity index is 657. The molecule has 2 aromatic rings. The second-order valence-corrected chi connectivity index (χ2v) is 4.11. The molecule has 0 fully saturated rings. The molecule has 1 unspecified atom stereocenters. The van der Waals surface area contributed by atoms with Crippen molar-refractivity contribution < 1.29 is 14.5 Å². The van der Waals surface area contributed by atoms with E-state index in [1.165, 1.54) is 19.2 Å². The SMILES string of the molecule is COc1ccc([N+](=O)[O-])cc1C(=O)NC(C)c1nn[nH]n1. The first-order chi connectivity index (χ1) is 10.0. The van der Waals surface area contributed by atoms with Crippen LogP contribution in [0.5, 0.6) is 5.75 Å². The third-order valence-electron chi connectivity index (χ3n) is 2.74. The van der Waals surface area contributed by atoms with Gasteiger partial charge in [-0.05, 0) is 13.0 Å². The van der Waals surface area contributed by atoms with Gasteiger partial charge in [0, 0.05) is 12.1 Å². The molecule has 2 N–H and O–H groups in total. The second-order valence-electron chi connectivity index (χ2n) is 4.11. The van der Waals surface area contributed by atoms with Crippen molar-refractivity contribution in [1.29, 1.82) is 0 Å². The first-order valence-electron chi connectivity index (χ1n) is 5.89. The van der Waals surface area contributed by atoms with Gasteiger partial charge < -0.3 is 10.1 Å². The number of amides is 1. The van der Waals surface area contributed by atoms with E-state index in [0.717, 1.165) is 6.07 Å². The number of methoxy groups -OCH3 is 1. The molecule has 0 spiro atoms. The molecule has 1 amide bonds. The van der Waals surface area contributed by atoms with Crippen LogP contribution < -0.4 is 10.1 Å². The number of tetrazole rings is 1. The highest BCUT2D eigenvalue weighted by atomic mass is 16.6. The lowest BCUT2D eigenvalue weighted by Crippen LogP contribution is -2.27. The largest absolute Gasteiger partial charge is 0.496 e. The fourth-order valence-corrected chi connectivity index (χ4v) is 1.68. The maximum Gasteiger partial charge on any atom is 0.270 e. The third-order valence-corrected chi connectivity index (χ3v) is 2.74. The van der Waals surface area contributed by atoms with E-state index in [2.05, 4.69) is 25.9 Å². The van der Waals surface area contributed by atoms with Gasteiger partial charge in [0.15, 0.2) is 5.82 Å². The highest BCUT2D eigenvalue weighted by Crippen LogP contribution is 2.24. The van der Waals surface area contributed by atoms with E-state index in [9.17, 15) is 14.9 Å². The van der Waals surface area contributed by atoms with Crippen LogP contribution in [0.3, 0.4) is 0 Å². The molecule has 1 atom stereocenters. The van der Waals surface area contributed by atoms with Crippen LogP contribution in [0.1, 0.15) is 29.1 Å². The van der Waals surface area contributed by atoms with Crippen LogP contribution in [0.15, 0.2) is 18.2 Å². The number of hydrogen-bond donors (Lipinski definition) is 2. The van der Waals surface area contributed by atoms with Crippen molar-refractivity contribution in [3.05, 3.63) is 39.7 Å². The fourth-order valence-electron chi connectivity index (χ4n) is 1.68. The molecular weight excluding hydrogens is 280 g/mol. The number of hydrogen-bond acceptors (Lipinski definition) is 7. The summed E-state index contributed by atoms with van der Waals surface area (Å²) in [5.74, 6) is -0.000917. The molecule has 1 heterocycles. The van der Waals surface area contributed by atoms with E-state index in [0.29, 0.717) is 5.82 Å². The van der Waals surface area contributed by atoms with Crippen molar-refractivity contribution in [1.82, 2.24) is 25.9 Å². The van der Waals surface area contributed by atoms with Crippen LogP contribution in [0, 0.1) is 10.1 Å². The van der Waals surface area contributed by atoms with Gasteiger partial charge in [0.25, 0.3) is 11.6 Å². The molecule has 0 bridgehead atoms. The number of nitrogens with one attached hydrogen (secondary N) is 2. The van der Waals surface area contributed by atoms with Gasteiger partial charge in [-0.2, -0.15) is 5.21 Å². The fraction of sp³-hybridized carbons (Fsp3) is 0.273. The molecule has 1 aromatic heterocycles. The standard InChI is InChI=1S/C11H12N6O4/c1-6(10-13-15-16-14-10)12-11(18)8-5-7(17(19)20)3-4-9(8)21-2/h3-6H,1-2H3,(H,12,18)(H,13,14,15,16). The van der Waals surface area contributed by atoms with Gasteiger partial charge in [0.05, 0.1) is 23.6 Å². The van der Waals surface area contributed by atoms with Crippen molar-refractivity contribution >= 4 is 11.6 Å². The van der Waals surface area contributed by atoms with Gasteiger partial charge in [0.2, 0.25) is 0 Å². The van der Waals surface area contributed by atoms with E-state index < -0.39 is 16.9 Å². The molecule has 110 valence electrons. The summed E-state index contributed by atoms with van der Waals surface area (Å²) in [4.78, 5) is 22.4. The molecular formula is C11H12N6O4. The molecule has 10 nitrogen and oxygen atoms in total. The number of H-pyrrole nitrogens is 1. The quantitative estimate of drug-likeness (QED) is 0.608. The smallest absolute Gasteiger partial charge is 0.270 e. The van der Waals surface area contributed by atoms with Crippen molar-refractivity contribution in [2.75, 3.05) is 7.11 Å². The van der Waals surface area contributed by atoms with E-state index in [-0.39, 0.29) is 17.0 Å². The average molecular weight is 292 g/mol. The van der Waals surface area contributed by atoms with E-state index in [1.807, 2.05) is 0 Å². The van der Waals surface area contributed by atoms with Gasteiger partial charge in [-0.3, -0.25) is 14.9 Å². The summed E-state index contributed by atoms with van der Waals surface area (Å²) in [6.45, 7) is 1.66. The first kappa shape index (κ1) is 14.4. The Morgan fingerprint density at radius 1 is 1.52 bits per heavy atom. The van der Waals surface area contributed by atoms with Crippen LogP contribution in [0.2, 0.25) is 0 Å². The second kappa shape index (κ2) is 5.94. The molecule has 1 aromatic carbocycles. The molecule has 21 heavy (non-hydrogen) atoms. The van der Waals surface area contributed by atoms with Crippen LogP contribution in [0.4, 0.5) is 5.69 Å². The predicted octanol–water partition coefficient (Wildman–Crippen LogP) is 0.607. The molecule has 0 saturated heterocycles. The Balaban J connectivity index is 2.25. The topological polar surface area (TPSA) is 136 Å².